The molecule has 1 aliphatic rings. The number of amides is 1. The standard InChI is InChI=1S/C20H16FN3O3/c21-15-3-1-13(2-4-15)9-23-17-7-14(10-22-11-17)20(25)24-16-5-6-18-19(8-16)27-12-26-18/h1-8,10-11,23H,9,12H2,(H,24,25). The minimum absolute atomic E-state index is 0.179. The molecule has 6 nitrogen and oxygen atoms in total. The largest absolute Gasteiger partial charge is 0.454 e. The molecule has 136 valence electrons. The number of pyridine rings is 1. The van der Waals surface area contributed by atoms with Gasteiger partial charge in [-0.2, -0.15) is 0 Å². The van der Waals surface area contributed by atoms with Gasteiger partial charge in [-0.15, -0.1) is 0 Å². The molecule has 1 aromatic heterocycles. The SMILES string of the molecule is O=C(Nc1ccc2c(c1)OCO2)c1cncc(NCc2ccc(F)cc2)c1. The van der Waals surface area contributed by atoms with E-state index < -0.39 is 0 Å². The van der Waals surface area contributed by atoms with Crippen molar-refractivity contribution in [3.63, 3.8) is 0 Å². The van der Waals surface area contributed by atoms with Crippen LogP contribution in [0.15, 0.2) is 60.9 Å². The molecule has 0 aliphatic carbocycles. The number of ether oxygens (including phenoxy) is 2. The number of anilines is 2. The molecule has 4 rings (SSSR count). The van der Waals surface area contributed by atoms with Crippen LogP contribution in [0.4, 0.5) is 15.8 Å². The summed E-state index contributed by atoms with van der Waals surface area (Å²) in [5.74, 6) is 0.691. The number of hydrogen-bond donors (Lipinski definition) is 2. The predicted octanol–water partition coefficient (Wildman–Crippen LogP) is 3.81. The molecule has 2 aromatic carbocycles. The summed E-state index contributed by atoms with van der Waals surface area (Å²) in [6.07, 6.45) is 3.12. The Hall–Kier alpha value is -3.61. The number of nitrogens with one attached hydrogen (secondary N) is 2. The fourth-order valence-electron chi connectivity index (χ4n) is 2.64. The van der Waals surface area contributed by atoms with E-state index in [4.69, 9.17) is 9.47 Å². The molecular weight excluding hydrogens is 349 g/mol. The third kappa shape index (κ3) is 3.98. The minimum atomic E-state index is -0.285. The average Bonchev–Trinajstić information content (AvgIpc) is 3.15. The number of carbonyl (C=O) groups excluding carboxylic acids is 1. The molecule has 0 unspecified atom stereocenters. The first-order valence-corrected chi connectivity index (χ1v) is 8.32. The van der Waals surface area contributed by atoms with Crippen molar-refractivity contribution in [2.45, 2.75) is 6.54 Å². The molecule has 0 spiro atoms. The topological polar surface area (TPSA) is 72.5 Å². The van der Waals surface area contributed by atoms with Crippen LogP contribution in [0.5, 0.6) is 11.5 Å². The van der Waals surface area contributed by atoms with Crippen LogP contribution < -0.4 is 20.1 Å². The molecule has 0 saturated carbocycles. The molecule has 7 heteroatoms. The maximum Gasteiger partial charge on any atom is 0.257 e. The van der Waals surface area contributed by atoms with Crippen molar-refractivity contribution in [1.29, 1.82) is 0 Å². The maximum absolute atomic E-state index is 13.0. The number of benzene rings is 2. The number of aromatic nitrogens is 1. The molecule has 0 saturated heterocycles. The van der Waals surface area contributed by atoms with Crippen molar-refractivity contribution in [3.8, 4) is 11.5 Å². The maximum atomic E-state index is 13.0. The second kappa shape index (κ2) is 7.33. The summed E-state index contributed by atoms with van der Waals surface area (Å²) in [6.45, 7) is 0.674. The van der Waals surface area contributed by atoms with E-state index in [1.165, 1.54) is 18.3 Å². The first kappa shape index (κ1) is 16.8. The monoisotopic (exact) mass is 365 g/mol. The van der Waals surface area contributed by atoms with Crippen molar-refractivity contribution < 1.29 is 18.7 Å². The van der Waals surface area contributed by atoms with E-state index in [1.807, 2.05) is 0 Å². The second-order valence-electron chi connectivity index (χ2n) is 5.96. The molecule has 2 N–H and O–H groups in total. The number of halogens is 1. The highest BCUT2D eigenvalue weighted by Gasteiger charge is 2.15. The summed E-state index contributed by atoms with van der Waals surface area (Å²) in [7, 11) is 0. The molecule has 0 radical (unpaired) electrons. The normalized spacial score (nSPS) is 11.9. The van der Waals surface area contributed by atoms with Crippen LogP contribution in [0.2, 0.25) is 0 Å². The Labute approximate surface area is 155 Å². The van der Waals surface area contributed by atoms with Crippen LogP contribution in [-0.2, 0) is 6.54 Å². The lowest BCUT2D eigenvalue weighted by atomic mass is 10.2. The fraction of sp³-hybridized carbons (Fsp3) is 0.100. The Balaban J connectivity index is 1.42. The lowest BCUT2D eigenvalue weighted by Gasteiger charge is -2.09. The van der Waals surface area contributed by atoms with Gasteiger partial charge in [0.2, 0.25) is 6.79 Å². The van der Waals surface area contributed by atoms with Gasteiger partial charge in [0.15, 0.2) is 11.5 Å². The molecule has 0 bridgehead atoms. The third-order valence-corrected chi connectivity index (χ3v) is 4.04. The number of fused-ring (bicyclic) bond motifs is 1. The third-order valence-electron chi connectivity index (χ3n) is 4.04. The van der Waals surface area contributed by atoms with E-state index in [0.717, 1.165) is 5.56 Å². The van der Waals surface area contributed by atoms with Crippen LogP contribution in [-0.4, -0.2) is 17.7 Å². The van der Waals surface area contributed by atoms with E-state index in [2.05, 4.69) is 15.6 Å². The van der Waals surface area contributed by atoms with Crippen molar-refractivity contribution in [1.82, 2.24) is 4.98 Å². The van der Waals surface area contributed by atoms with Gasteiger partial charge in [0.05, 0.1) is 11.3 Å². The first-order chi connectivity index (χ1) is 13.2. The molecule has 0 fully saturated rings. The molecule has 3 aromatic rings. The summed E-state index contributed by atoms with van der Waals surface area (Å²) in [4.78, 5) is 16.6. The number of nitrogens with zero attached hydrogens (tertiary/aromatic N) is 1. The van der Waals surface area contributed by atoms with Gasteiger partial charge in [-0.05, 0) is 35.9 Å². The summed E-state index contributed by atoms with van der Waals surface area (Å²) >= 11 is 0. The molecule has 0 atom stereocenters. The molecule has 1 amide bonds. The van der Waals surface area contributed by atoms with Crippen LogP contribution >= 0.6 is 0 Å². The number of carbonyl (C=O) groups is 1. The zero-order valence-electron chi connectivity index (χ0n) is 14.2. The van der Waals surface area contributed by atoms with Crippen molar-refractivity contribution in [2.24, 2.45) is 0 Å². The van der Waals surface area contributed by atoms with E-state index >= 15 is 0 Å². The van der Waals surface area contributed by atoms with Gasteiger partial charge in [0.1, 0.15) is 5.82 Å². The highest BCUT2D eigenvalue weighted by atomic mass is 19.1. The van der Waals surface area contributed by atoms with Crippen molar-refractivity contribution in [2.75, 3.05) is 17.4 Å². The minimum Gasteiger partial charge on any atom is -0.454 e. The number of hydrogen-bond acceptors (Lipinski definition) is 5. The Morgan fingerprint density at radius 2 is 1.81 bits per heavy atom. The van der Waals surface area contributed by atoms with Gasteiger partial charge in [0.25, 0.3) is 5.91 Å². The fourth-order valence-corrected chi connectivity index (χ4v) is 2.64. The van der Waals surface area contributed by atoms with Crippen LogP contribution in [0.1, 0.15) is 15.9 Å². The Morgan fingerprint density at radius 1 is 1.00 bits per heavy atom. The van der Waals surface area contributed by atoms with Crippen molar-refractivity contribution in [3.05, 3.63) is 77.9 Å². The van der Waals surface area contributed by atoms with Crippen LogP contribution in [0.25, 0.3) is 0 Å². The molecule has 27 heavy (non-hydrogen) atoms. The van der Waals surface area contributed by atoms with E-state index in [9.17, 15) is 9.18 Å². The Morgan fingerprint density at radius 3 is 2.67 bits per heavy atom. The van der Waals surface area contributed by atoms with Gasteiger partial charge in [-0.3, -0.25) is 9.78 Å². The average molecular weight is 365 g/mol. The first-order valence-electron chi connectivity index (χ1n) is 8.32. The summed E-state index contributed by atoms with van der Waals surface area (Å²) in [5.41, 5.74) is 2.63. The summed E-state index contributed by atoms with van der Waals surface area (Å²) in [5, 5.41) is 5.98. The van der Waals surface area contributed by atoms with Crippen LogP contribution in [0.3, 0.4) is 0 Å². The number of rotatable bonds is 5. The summed E-state index contributed by atoms with van der Waals surface area (Å²) < 4.78 is 23.5. The molecular formula is C20H16FN3O3. The second-order valence-corrected chi connectivity index (χ2v) is 5.96. The van der Waals surface area contributed by atoms with Gasteiger partial charge < -0.3 is 20.1 Å². The lowest BCUT2D eigenvalue weighted by Crippen LogP contribution is -2.12. The smallest absolute Gasteiger partial charge is 0.257 e. The highest BCUT2D eigenvalue weighted by molar-refractivity contribution is 6.04. The predicted molar refractivity (Wildman–Crippen MR) is 98.5 cm³/mol. The Kier molecular flexibility index (Phi) is 4.57. The lowest BCUT2D eigenvalue weighted by molar-refractivity contribution is 0.102. The molecule has 2 heterocycles. The van der Waals surface area contributed by atoms with Crippen LogP contribution in [0, 0.1) is 5.82 Å². The van der Waals surface area contributed by atoms with E-state index in [-0.39, 0.29) is 18.5 Å². The van der Waals surface area contributed by atoms with Crippen molar-refractivity contribution >= 4 is 17.3 Å². The highest BCUT2D eigenvalue weighted by Crippen LogP contribution is 2.34. The van der Waals surface area contributed by atoms with Gasteiger partial charge >= 0.3 is 0 Å². The zero-order chi connectivity index (χ0) is 18.6. The Bertz CT molecular complexity index is 976. The quantitative estimate of drug-likeness (QED) is 0.719. The van der Waals surface area contributed by atoms with Gasteiger partial charge in [0, 0.05) is 30.7 Å². The summed E-state index contributed by atoms with van der Waals surface area (Å²) in [6, 6.07) is 13.1. The van der Waals surface area contributed by atoms with E-state index in [0.29, 0.717) is 35.0 Å². The zero-order valence-corrected chi connectivity index (χ0v) is 14.2. The van der Waals surface area contributed by atoms with Gasteiger partial charge in [-0.25, -0.2) is 4.39 Å². The van der Waals surface area contributed by atoms with E-state index in [1.54, 1.807) is 42.6 Å². The molecule has 1 aliphatic heterocycles. The van der Waals surface area contributed by atoms with Gasteiger partial charge in [-0.1, -0.05) is 12.1 Å².